The molecule has 1 aliphatic rings. The van der Waals surface area contributed by atoms with Crippen LogP contribution in [0, 0.1) is 0 Å². The number of fused-ring (bicyclic) bond motifs is 1. The molecule has 4 heteroatoms. The highest BCUT2D eigenvalue weighted by Gasteiger charge is 2.14. The lowest BCUT2D eigenvalue weighted by Crippen LogP contribution is -2.32. The molecule has 0 aliphatic carbocycles. The van der Waals surface area contributed by atoms with Crippen molar-refractivity contribution in [3.8, 4) is 11.1 Å². The van der Waals surface area contributed by atoms with Crippen LogP contribution in [0.1, 0.15) is 35.2 Å². The number of likely N-dealkylation sites (tertiary alicyclic amines) is 1. The zero-order chi connectivity index (χ0) is 22.6. The molecule has 0 unspecified atom stereocenters. The zero-order valence-electron chi connectivity index (χ0n) is 19.0. The lowest BCUT2D eigenvalue weighted by molar-refractivity contribution is 0.0993. The molecular formula is C29H31N3O. The van der Waals surface area contributed by atoms with E-state index in [0.717, 1.165) is 40.7 Å². The Kier molecular flexibility index (Phi) is 6.27. The quantitative estimate of drug-likeness (QED) is 0.294. The molecule has 0 amide bonds. The molecule has 0 saturated carbocycles. The first-order valence-electron chi connectivity index (χ1n) is 12.0. The number of carbonyl (C=O) groups is 1. The second-order valence-electron chi connectivity index (χ2n) is 9.06. The van der Waals surface area contributed by atoms with E-state index in [4.69, 9.17) is 5.73 Å². The third-order valence-corrected chi connectivity index (χ3v) is 6.80. The van der Waals surface area contributed by atoms with Gasteiger partial charge < -0.3 is 15.2 Å². The third kappa shape index (κ3) is 4.86. The molecule has 1 saturated heterocycles. The minimum Gasteiger partial charge on any atom is -0.398 e. The maximum absolute atomic E-state index is 13.1. The molecule has 1 aromatic heterocycles. The molecule has 0 atom stereocenters. The van der Waals surface area contributed by atoms with Crippen LogP contribution in [0.5, 0.6) is 0 Å². The number of nitrogen functional groups attached to an aromatic ring is 1. The van der Waals surface area contributed by atoms with Gasteiger partial charge in [-0.05, 0) is 79.0 Å². The molecule has 4 nitrogen and oxygen atoms in total. The lowest BCUT2D eigenvalue weighted by atomic mass is 9.97. The fourth-order valence-corrected chi connectivity index (χ4v) is 4.84. The van der Waals surface area contributed by atoms with Crippen molar-refractivity contribution in [1.82, 2.24) is 9.47 Å². The van der Waals surface area contributed by atoms with Crippen LogP contribution in [0.3, 0.4) is 0 Å². The Balaban J connectivity index is 1.31. The van der Waals surface area contributed by atoms with Crippen LogP contribution in [0.2, 0.25) is 0 Å². The summed E-state index contributed by atoms with van der Waals surface area (Å²) < 4.78 is 2.31. The first-order chi connectivity index (χ1) is 16.2. The molecule has 0 radical (unpaired) electrons. The van der Waals surface area contributed by atoms with Gasteiger partial charge in [0.1, 0.15) is 0 Å². The second-order valence-corrected chi connectivity index (χ2v) is 9.06. The zero-order valence-corrected chi connectivity index (χ0v) is 19.0. The largest absolute Gasteiger partial charge is 0.398 e. The van der Waals surface area contributed by atoms with Crippen LogP contribution < -0.4 is 5.73 Å². The number of ketones is 1. The minimum absolute atomic E-state index is 0.0925. The van der Waals surface area contributed by atoms with Gasteiger partial charge in [0.25, 0.3) is 0 Å². The lowest BCUT2D eigenvalue weighted by Gasteiger charge is -2.26. The van der Waals surface area contributed by atoms with Gasteiger partial charge in [-0.15, -0.1) is 0 Å². The van der Waals surface area contributed by atoms with Crippen molar-refractivity contribution in [2.24, 2.45) is 0 Å². The van der Waals surface area contributed by atoms with E-state index in [2.05, 4.69) is 39.9 Å². The molecule has 168 valence electrons. The van der Waals surface area contributed by atoms with E-state index in [-0.39, 0.29) is 5.78 Å². The van der Waals surface area contributed by atoms with E-state index in [9.17, 15) is 4.79 Å². The molecule has 33 heavy (non-hydrogen) atoms. The smallest absolute Gasteiger partial charge is 0.167 e. The van der Waals surface area contributed by atoms with Gasteiger partial charge in [0.2, 0.25) is 0 Å². The van der Waals surface area contributed by atoms with Crippen LogP contribution >= 0.6 is 0 Å². The number of benzene rings is 3. The highest BCUT2D eigenvalue weighted by molar-refractivity contribution is 6.01. The summed E-state index contributed by atoms with van der Waals surface area (Å²) in [6.45, 7) is 4.50. The van der Waals surface area contributed by atoms with Crippen LogP contribution in [0.4, 0.5) is 5.69 Å². The SMILES string of the molecule is Nc1ccc(-c2ccccc2)cc1CC(=O)c1ccc2c(ccn2CCN2CCCCC2)c1. The summed E-state index contributed by atoms with van der Waals surface area (Å²) in [6.07, 6.45) is 6.44. The maximum Gasteiger partial charge on any atom is 0.167 e. The predicted molar refractivity (Wildman–Crippen MR) is 137 cm³/mol. The summed E-state index contributed by atoms with van der Waals surface area (Å²) in [4.78, 5) is 15.7. The van der Waals surface area contributed by atoms with Gasteiger partial charge in [0.15, 0.2) is 5.78 Å². The molecule has 1 fully saturated rings. The summed E-state index contributed by atoms with van der Waals surface area (Å²) in [6, 6.07) is 24.3. The van der Waals surface area contributed by atoms with Crippen molar-refractivity contribution < 1.29 is 4.79 Å². The normalized spacial score (nSPS) is 14.5. The molecule has 2 heterocycles. The Morgan fingerprint density at radius 2 is 1.64 bits per heavy atom. The van der Waals surface area contributed by atoms with E-state index < -0.39 is 0 Å². The Labute approximate surface area is 195 Å². The summed E-state index contributed by atoms with van der Waals surface area (Å²) >= 11 is 0. The Morgan fingerprint density at radius 3 is 2.45 bits per heavy atom. The van der Waals surface area contributed by atoms with E-state index in [1.54, 1.807) is 0 Å². The van der Waals surface area contributed by atoms with Crippen molar-refractivity contribution >= 4 is 22.4 Å². The van der Waals surface area contributed by atoms with Gasteiger partial charge in [0, 0.05) is 47.9 Å². The summed E-state index contributed by atoms with van der Waals surface area (Å²) in [5, 5.41) is 1.12. The van der Waals surface area contributed by atoms with Crippen LogP contribution in [-0.2, 0) is 13.0 Å². The van der Waals surface area contributed by atoms with Crippen LogP contribution in [-0.4, -0.2) is 34.9 Å². The maximum atomic E-state index is 13.1. The molecule has 4 aromatic rings. The molecular weight excluding hydrogens is 406 g/mol. The number of hydrogen-bond donors (Lipinski definition) is 1. The second kappa shape index (κ2) is 9.63. The van der Waals surface area contributed by atoms with Gasteiger partial charge in [0.05, 0.1) is 0 Å². The molecule has 5 rings (SSSR count). The van der Waals surface area contributed by atoms with Crippen molar-refractivity contribution in [1.29, 1.82) is 0 Å². The fourth-order valence-electron chi connectivity index (χ4n) is 4.84. The molecule has 0 bridgehead atoms. The number of rotatable bonds is 7. The average Bonchev–Trinajstić information content (AvgIpc) is 3.27. The van der Waals surface area contributed by atoms with Gasteiger partial charge in [-0.3, -0.25) is 4.79 Å². The molecule has 3 aromatic carbocycles. The number of nitrogens with zero attached hydrogens (tertiary/aromatic N) is 2. The summed E-state index contributed by atoms with van der Waals surface area (Å²) in [5.41, 5.74) is 11.9. The number of carbonyl (C=O) groups excluding carboxylic acids is 1. The van der Waals surface area contributed by atoms with Crippen molar-refractivity contribution in [3.63, 3.8) is 0 Å². The van der Waals surface area contributed by atoms with E-state index in [1.807, 2.05) is 48.5 Å². The third-order valence-electron chi connectivity index (χ3n) is 6.80. The Morgan fingerprint density at radius 1 is 0.818 bits per heavy atom. The topological polar surface area (TPSA) is 51.3 Å². The van der Waals surface area contributed by atoms with Crippen molar-refractivity contribution in [3.05, 3.63) is 90.1 Å². The standard InChI is InChI=1S/C29H31N3O/c30-27-11-9-23(22-7-3-1-4-8-22)19-26(27)21-29(33)25-10-12-28-24(20-25)13-16-32(28)18-17-31-14-5-2-6-15-31/h1,3-4,7-13,16,19-20H,2,5-6,14-15,17-18,21,30H2. The van der Waals surface area contributed by atoms with E-state index >= 15 is 0 Å². The Bertz CT molecular complexity index is 1250. The van der Waals surface area contributed by atoms with Gasteiger partial charge in [-0.2, -0.15) is 0 Å². The first-order valence-corrected chi connectivity index (χ1v) is 12.0. The van der Waals surface area contributed by atoms with E-state index in [0.29, 0.717) is 12.1 Å². The number of anilines is 1. The van der Waals surface area contributed by atoms with E-state index in [1.165, 1.54) is 37.9 Å². The first kappa shape index (κ1) is 21.5. The minimum atomic E-state index is 0.0925. The number of aromatic nitrogens is 1. The molecule has 1 aliphatic heterocycles. The number of nitrogens with two attached hydrogens (primary N) is 1. The molecule has 2 N–H and O–H groups in total. The van der Waals surface area contributed by atoms with Crippen LogP contribution in [0.15, 0.2) is 79.0 Å². The van der Waals surface area contributed by atoms with Gasteiger partial charge in [-0.25, -0.2) is 0 Å². The van der Waals surface area contributed by atoms with Gasteiger partial charge >= 0.3 is 0 Å². The average molecular weight is 438 g/mol. The van der Waals surface area contributed by atoms with Gasteiger partial charge in [-0.1, -0.05) is 42.8 Å². The summed E-state index contributed by atoms with van der Waals surface area (Å²) in [7, 11) is 0. The predicted octanol–water partition coefficient (Wildman–Crippen LogP) is 5.80. The van der Waals surface area contributed by atoms with Crippen molar-refractivity contribution in [2.45, 2.75) is 32.2 Å². The number of piperidine rings is 1. The monoisotopic (exact) mass is 437 g/mol. The number of Topliss-reactive ketones (excluding diaryl/α,β-unsaturated/α-hetero) is 1. The highest BCUT2D eigenvalue weighted by atomic mass is 16.1. The van der Waals surface area contributed by atoms with Crippen LogP contribution in [0.25, 0.3) is 22.0 Å². The number of hydrogen-bond acceptors (Lipinski definition) is 3. The Hall–Kier alpha value is -3.37. The fraction of sp³-hybridized carbons (Fsp3) is 0.276. The summed E-state index contributed by atoms with van der Waals surface area (Å²) in [5.74, 6) is 0.0925. The molecule has 0 spiro atoms. The van der Waals surface area contributed by atoms with Crippen molar-refractivity contribution in [2.75, 3.05) is 25.4 Å². The highest BCUT2D eigenvalue weighted by Crippen LogP contribution is 2.26.